The number of aliphatic imine (C=N–C) groups is 1. The first-order valence-corrected chi connectivity index (χ1v) is 11.5. The van der Waals surface area contributed by atoms with Gasteiger partial charge in [-0.3, -0.25) is 9.79 Å². The third kappa shape index (κ3) is 5.89. The second-order valence-corrected chi connectivity index (χ2v) is 10.3. The molecule has 0 radical (unpaired) electrons. The fourth-order valence-corrected chi connectivity index (χ4v) is 5.29. The van der Waals surface area contributed by atoms with Gasteiger partial charge >= 0.3 is 6.18 Å². The van der Waals surface area contributed by atoms with Gasteiger partial charge in [-0.25, -0.2) is 13.8 Å². The Hall–Kier alpha value is -2.93. The summed E-state index contributed by atoms with van der Waals surface area (Å²) in [6.07, 6.45) is -3.57. The number of pyridine rings is 1. The van der Waals surface area contributed by atoms with Crippen molar-refractivity contribution in [2.75, 3.05) is 25.6 Å². The van der Waals surface area contributed by atoms with E-state index in [2.05, 4.69) is 20.0 Å². The molecule has 2 heterocycles. The van der Waals surface area contributed by atoms with E-state index in [1.807, 2.05) is 13.8 Å². The highest BCUT2D eigenvalue weighted by molar-refractivity contribution is 8.15. The molecule has 0 saturated carbocycles. The van der Waals surface area contributed by atoms with Crippen LogP contribution in [0.1, 0.15) is 36.8 Å². The number of nitrogens with one attached hydrogen (secondary N) is 1. The van der Waals surface area contributed by atoms with E-state index in [0.29, 0.717) is 0 Å². The maximum Gasteiger partial charge on any atom is 0.422 e. The molecule has 36 heavy (non-hydrogen) atoms. The van der Waals surface area contributed by atoms with E-state index in [1.165, 1.54) is 24.9 Å². The van der Waals surface area contributed by atoms with Gasteiger partial charge in [-0.05, 0) is 32.0 Å². The Bertz CT molecular complexity index is 1160. The molecule has 13 heteroatoms. The van der Waals surface area contributed by atoms with Crippen LogP contribution in [-0.2, 0) is 10.3 Å². The highest BCUT2D eigenvalue weighted by Crippen LogP contribution is 2.50. The molecular weight excluding hydrogens is 507 g/mol. The molecule has 2 aromatic rings. The zero-order chi connectivity index (χ0) is 26.9. The van der Waals surface area contributed by atoms with Crippen LogP contribution in [0.2, 0.25) is 0 Å². The van der Waals surface area contributed by atoms with Crippen LogP contribution in [0.4, 0.5) is 27.6 Å². The maximum absolute atomic E-state index is 15.1. The molecule has 0 aliphatic carbocycles. The summed E-state index contributed by atoms with van der Waals surface area (Å²) in [6.45, 7) is 4.11. The van der Waals surface area contributed by atoms with Gasteiger partial charge in [-0.15, -0.1) is 0 Å². The monoisotopic (exact) mass is 532 g/mol. The van der Waals surface area contributed by atoms with Crippen molar-refractivity contribution in [3.63, 3.8) is 0 Å². The smallest absolute Gasteiger partial charge is 0.422 e. The van der Waals surface area contributed by atoms with Gasteiger partial charge in [-0.1, -0.05) is 18.7 Å². The number of anilines is 1. The molecule has 3 rings (SSSR count). The Morgan fingerprint density at radius 3 is 2.53 bits per heavy atom. The number of halogens is 5. The lowest BCUT2D eigenvalue weighted by Crippen LogP contribution is -2.50. The molecular formula is C23H25F5N4O3S. The average Bonchev–Trinajstić information content (AvgIpc) is 2.78. The number of ether oxygens (including phenoxy) is 2. The lowest BCUT2D eigenvalue weighted by molar-refractivity contribution is -0.153. The van der Waals surface area contributed by atoms with E-state index in [0.717, 1.165) is 24.4 Å². The molecule has 0 fully saturated rings. The van der Waals surface area contributed by atoms with Crippen LogP contribution in [0.15, 0.2) is 35.5 Å². The van der Waals surface area contributed by atoms with Crippen molar-refractivity contribution in [1.29, 1.82) is 0 Å². The number of nitrogens with zero attached hydrogens (tertiary/aromatic N) is 2. The molecule has 196 valence electrons. The van der Waals surface area contributed by atoms with E-state index >= 15 is 4.39 Å². The molecule has 1 amide bonds. The van der Waals surface area contributed by atoms with E-state index in [1.54, 1.807) is 6.92 Å². The minimum Gasteiger partial charge on any atom is -0.483 e. The molecule has 1 aromatic heterocycles. The van der Waals surface area contributed by atoms with Gasteiger partial charge in [0.05, 0.1) is 18.3 Å². The van der Waals surface area contributed by atoms with E-state index < -0.39 is 40.6 Å². The molecule has 1 unspecified atom stereocenters. The number of rotatable bonds is 7. The molecule has 1 aromatic carbocycles. The van der Waals surface area contributed by atoms with Gasteiger partial charge in [-0.2, -0.15) is 13.2 Å². The third-order valence-electron chi connectivity index (χ3n) is 6.07. The summed E-state index contributed by atoms with van der Waals surface area (Å²) in [5, 5.41) is 2.61. The Kier molecular flexibility index (Phi) is 7.84. The molecule has 1 aliphatic heterocycles. The summed E-state index contributed by atoms with van der Waals surface area (Å²) in [7, 11) is 1.53. The number of methoxy groups -OCH3 is 1. The fraction of sp³-hybridized carbons (Fsp3) is 0.435. The summed E-state index contributed by atoms with van der Waals surface area (Å²) >= 11 is 1.28. The molecule has 7 nitrogen and oxygen atoms in total. The minimum absolute atomic E-state index is 0.0676. The predicted molar refractivity (Wildman–Crippen MR) is 126 cm³/mol. The number of amidine groups is 1. The lowest BCUT2D eigenvalue weighted by Gasteiger charge is -2.47. The van der Waals surface area contributed by atoms with Crippen LogP contribution in [0.5, 0.6) is 5.75 Å². The zero-order valence-corrected chi connectivity index (χ0v) is 20.7. The van der Waals surface area contributed by atoms with E-state index in [-0.39, 0.29) is 40.4 Å². The van der Waals surface area contributed by atoms with Gasteiger partial charge in [0.2, 0.25) is 0 Å². The summed E-state index contributed by atoms with van der Waals surface area (Å²) in [5.74, 6) is -3.69. The zero-order valence-electron chi connectivity index (χ0n) is 19.9. The molecule has 3 atom stereocenters. The van der Waals surface area contributed by atoms with Crippen LogP contribution in [0.25, 0.3) is 0 Å². The second kappa shape index (κ2) is 10.2. The number of carbonyl (C=O) groups is 1. The number of alkyl halides is 3. The van der Waals surface area contributed by atoms with Gasteiger partial charge in [0.1, 0.15) is 11.4 Å². The van der Waals surface area contributed by atoms with Crippen molar-refractivity contribution >= 4 is 28.5 Å². The fourth-order valence-electron chi connectivity index (χ4n) is 3.99. The highest BCUT2D eigenvalue weighted by Gasteiger charge is 2.50. The predicted octanol–water partition coefficient (Wildman–Crippen LogP) is 4.87. The van der Waals surface area contributed by atoms with Crippen LogP contribution < -0.4 is 15.8 Å². The first-order chi connectivity index (χ1) is 16.7. The van der Waals surface area contributed by atoms with Crippen LogP contribution in [0, 0.1) is 17.6 Å². The third-order valence-corrected chi connectivity index (χ3v) is 7.31. The first kappa shape index (κ1) is 27.7. The number of hydrogen-bond donors (Lipinski definition) is 2. The standard InChI is InChI=1S/C23H25F5N4O3S/c1-12-21(2,10-34-4)36-20(29)32-22(12,3)15-7-13(8-16(24)18(15)25)31-19(33)17-6-5-14(9-30-17)35-11-23(26,27)28/h5-9,12H,10-11H2,1-4H3,(H2,29,32)(H,31,33)/t12?,21-,22+/m1/s1. The van der Waals surface area contributed by atoms with Crippen molar-refractivity contribution in [1.82, 2.24) is 4.98 Å². The van der Waals surface area contributed by atoms with Crippen molar-refractivity contribution in [3.8, 4) is 5.75 Å². The number of benzene rings is 1. The average molecular weight is 533 g/mol. The highest BCUT2D eigenvalue weighted by atomic mass is 32.2. The summed E-state index contributed by atoms with van der Waals surface area (Å²) in [6, 6.07) is 4.36. The van der Waals surface area contributed by atoms with E-state index in [4.69, 9.17) is 10.5 Å². The maximum atomic E-state index is 15.1. The molecule has 3 N–H and O–H groups in total. The second-order valence-electron chi connectivity index (χ2n) is 8.72. The number of carbonyl (C=O) groups excluding carboxylic acids is 1. The van der Waals surface area contributed by atoms with Gasteiger partial charge < -0.3 is 20.5 Å². The van der Waals surface area contributed by atoms with Crippen molar-refractivity contribution in [2.24, 2.45) is 16.6 Å². The van der Waals surface area contributed by atoms with Crippen LogP contribution >= 0.6 is 11.8 Å². The minimum atomic E-state index is -4.53. The van der Waals surface area contributed by atoms with Crippen molar-refractivity contribution < 1.29 is 36.2 Å². The van der Waals surface area contributed by atoms with Crippen LogP contribution in [-0.4, -0.2) is 47.3 Å². The van der Waals surface area contributed by atoms with Crippen LogP contribution in [0.3, 0.4) is 0 Å². The molecule has 0 bridgehead atoms. The molecule has 1 aliphatic rings. The van der Waals surface area contributed by atoms with Crippen molar-refractivity contribution in [3.05, 3.63) is 53.4 Å². The molecule has 0 spiro atoms. The van der Waals surface area contributed by atoms with Gasteiger partial charge in [0.15, 0.2) is 23.4 Å². The SMILES string of the molecule is COC[C@@]1(C)SC(N)=N[C@](C)(c2cc(NC(=O)c3ccc(OCC(F)(F)F)cn3)cc(F)c2F)C1C. The number of hydrogen-bond acceptors (Lipinski definition) is 7. The number of thioether (sulfide) groups is 1. The largest absolute Gasteiger partial charge is 0.483 e. The quantitative estimate of drug-likeness (QED) is 0.494. The summed E-state index contributed by atoms with van der Waals surface area (Å²) in [5.41, 5.74) is 4.40. The van der Waals surface area contributed by atoms with Crippen molar-refractivity contribution in [2.45, 2.75) is 37.2 Å². The normalized spacial score (nSPS) is 24.2. The number of nitrogens with two attached hydrogens (primary N) is 1. The topological polar surface area (TPSA) is 98.8 Å². The summed E-state index contributed by atoms with van der Waals surface area (Å²) in [4.78, 5) is 20.9. The lowest BCUT2D eigenvalue weighted by atomic mass is 9.74. The Morgan fingerprint density at radius 1 is 1.25 bits per heavy atom. The Labute approximate surface area is 208 Å². The first-order valence-electron chi connectivity index (χ1n) is 10.7. The van der Waals surface area contributed by atoms with Gasteiger partial charge in [0.25, 0.3) is 5.91 Å². The Morgan fingerprint density at radius 2 is 1.94 bits per heavy atom. The summed E-state index contributed by atoms with van der Waals surface area (Å²) < 4.78 is 75.9. The Balaban J connectivity index is 1.89. The number of aromatic nitrogens is 1. The van der Waals surface area contributed by atoms with E-state index in [9.17, 15) is 22.4 Å². The number of amides is 1. The van der Waals surface area contributed by atoms with Gasteiger partial charge in [0, 0.05) is 35.1 Å². The molecule has 0 saturated heterocycles.